The molecule has 6 atom stereocenters. The van der Waals surface area contributed by atoms with Crippen LogP contribution in [0.2, 0.25) is 0 Å². The first-order valence-corrected chi connectivity index (χ1v) is 12.3. The van der Waals surface area contributed by atoms with Crippen LogP contribution in [0.5, 0.6) is 0 Å². The largest absolute Gasteiger partial charge is 0.394 e. The van der Waals surface area contributed by atoms with E-state index in [4.69, 9.17) is 14.3 Å². The van der Waals surface area contributed by atoms with Gasteiger partial charge in [-0.3, -0.25) is 0 Å². The summed E-state index contributed by atoms with van der Waals surface area (Å²) in [5, 5.41) is 33.3. The first kappa shape index (κ1) is 26.1. The van der Waals surface area contributed by atoms with Gasteiger partial charge in [0.25, 0.3) is 0 Å². The lowest BCUT2D eigenvalue weighted by molar-refractivity contribution is -0.210. The molecule has 3 aliphatic rings. The summed E-state index contributed by atoms with van der Waals surface area (Å²) in [5.41, 5.74) is 0.734. The minimum absolute atomic E-state index is 0.0179. The van der Waals surface area contributed by atoms with Crippen molar-refractivity contribution in [3.05, 3.63) is 35.8 Å². The van der Waals surface area contributed by atoms with Crippen LogP contribution in [0.1, 0.15) is 52.0 Å². The number of aliphatic hydroxyl groups excluding tert-OH is 2. The Bertz CT molecular complexity index is 1170. The Hall–Kier alpha value is -2.54. The summed E-state index contributed by atoms with van der Waals surface area (Å²) >= 11 is 0. The summed E-state index contributed by atoms with van der Waals surface area (Å²) < 4.78 is 54.0. The topological polar surface area (TPSA) is 111 Å². The maximum atomic E-state index is 13.8. The molecule has 12 heteroatoms. The van der Waals surface area contributed by atoms with Crippen molar-refractivity contribution in [2.75, 3.05) is 13.7 Å². The van der Waals surface area contributed by atoms with Crippen LogP contribution in [0, 0.1) is 22.9 Å². The molecule has 0 bridgehead atoms. The predicted octanol–water partition coefficient (Wildman–Crippen LogP) is 3.15. The van der Waals surface area contributed by atoms with E-state index in [1.807, 2.05) is 0 Å². The molecule has 9 nitrogen and oxygen atoms in total. The van der Waals surface area contributed by atoms with Gasteiger partial charge in [-0.15, -0.1) is 5.10 Å². The molecule has 1 aromatic heterocycles. The molecule has 1 saturated carbocycles. The molecular weight excluding hydrogens is 493 g/mol. The van der Waals surface area contributed by atoms with Gasteiger partial charge in [0, 0.05) is 25.5 Å². The van der Waals surface area contributed by atoms with E-state index in [1.165, 1.54) is 18.0 Å². The normalized spacial score (nSPS) is 33.1. The fraction of sp³-hybridized carbons (Fsp3) is 0.640. The van der Waals surface area contributed by atoms with E-state index in [9.17, 15) is 23.4 Å². The van der Waals surface area contributed by atoms with Crippen molar-refractivity contribution in [2.45, 2.75) is 82.0 Å². The lowest BCUT2D eigenvalue weighted by atomic mass is 9.85. The van der Waals surface area contributed by atoms with E-state index in [0.717, 1.165) is 37.1 Å². The van der Waals surface area contributed by atoms with Crippen LogP contribution in [0.4, 0.5) is 13.2 Å². The maximum Gasteiger partial charge on any atom is 0.194 e. The molecule has 2 fully saturated rings. The minimum atomic E-state index is -1.58. The summed E-state index contributed by atoms with van der Waals surface area (Å²) in [6, 6.07) is 0.789. The van der Waals surface area contributed by atoms with E-state index < -0.39 is 54.5 Å². The Morgan fingerprint density at radius 3 is 2.51 bits per heavy atom. The smallest absolute Gasteiger partial charge is 0.194 e. The molecule has 202 valence electrons. The van der Waals surface area contributed by atoms with Gasteiger partial charge in [-0.05, 0) is 36.8 Å². The molecule has 1 aliphatic carbocycles. The molecule has 0 amide bonds. The third-order valence-corrected chi connectivity index (χ3v) is 7.72. The van der Waals surface area contributed by atoms with Gasteiger partial charge in [0.15, 0.2) is 17.5 Å². The first-order chi connectivity index (χ1) is 17.5. The van der Waals surface area contributed by atoms with Crippen molar-refractivity contribution >= 4 is 5.71 Å². The van der Waals surface area contributed by atoms with E-state index in [0.29, 0.717) is 12.8 Å². The average molecular weight is 525 g/mol. The highest BCUT2D eigenvalue weighted by atomic mass is 19.2. The Morgan fingerprint density at radius 2 is 1.89 bits per heavy atom. The van der Waals surface area contributed by atoms with Gasteiger partial charge >= 0.3 is 0 Å². The summed E-state index contributed by atoms with van der Waals surface area (Å²) in [5.74, 6) is -4.28. The fourth-order valence-corrected chi connectivity index (χ4v) is 5.97. The van der Waals surface area contributed by atoms with Gasteiger partial charge in [-0.2, -0.15) is 0 Å². The highest BCUT2D eigenvalue weighted by molar-refractivity contribution is 5.86. The van der Waals surface area contributed by atoms with E-state index in [-0.39, 0.29) is 22.3 Å². The zero-order valence-corrected chi connectivity index (χ0v) is 20.9. The van der Waals surface area contributed by atoms with Crippen molar-refractivity contribution in [3.63, 3.8) is 0 Å². The van der Waals surface area contributed by atoms with Gasteiger partial charge in [0.05, 0.1) is 24.6 Å². The van der Waals surface area contributed by atoms with Gasteiger partial charge < -0.3 is 24.5 Å². The number of hydrogen-bond donors (Lipinski definition) is 2. The van der Waals surface area contributed by atoms with Crippen molar-refractivity contribution in [3.8, 4) is 11.3 Å². The lowest BCUT2D eigenvalue weighted by Gasteiger charge is -2.43. The number of nitrogens with zero attached hydrogens (tertiary/aromatic N) is 4. The lowest BCUT2D eigenvalue weighted by Crippen LogP contribution is -2.57. The van der Waals surface area contributed by atoms with Crippen LogP contribution in [-0.2, 0) is 14.3 Å². The number of benzene rings is 1. The number of rotatable bonds is 6. The van der Waals surface area contributed by atoms with Gasteiger partial charge in [-0.1, -0.05) is 24.2 Å². The monoisotopic (exact) mass is 524 g/mol. The van der Waals surface area contributed by atoms with Crippen LogP contribution in [0.15, 0.2) is 23.5 Å². The molecular formula is C25H31F3N4O5. The molecule has 2 aromatic rings. The molecule has 3 heterocycles. The van der Waals surface area contributed by atoms with E-state index >= 15 is 0 Å². The second-order valence-electron chi connectivity index (χ2n) is 11.1. The summed E-state index contributed by atoms with van der Waals surface area (Å²) in [7, 11) is 1.47. The molecule has 2 aliphatic heterocycles. The Labute approximate surface area is 212 Å². The predicted molar refractivity (Wildman–Crippen MR) is 125 cm³/mol. The van der Waals surface area contributed by atoms with Crippen molar-refractivity contribution < 1.29 is 37.7 Å². The van der Waals surface area contributed by atoms with Crippen LogP contribution in [-0.4, -0.2) is 74.7 Å². The van der Waals surface area contributed by atoms with E-state index in [1.54, 1.807) is 0 Å². The second kappa shape index (κ2) is 9.64. The number of aromatic nitrogens is 3. The van der Waals surface area contributed by atoms with Crippen LogP contribution in [0.3, 0.4) is 0 Å². The molecule has 37 heavy (non-hydrogen) atoms. The number of ether oxygens (including phenoxy) is 2. The third-order valence-electron chi connectivity index (χ3n) is 7.72. The molecule has 5 rings (SSSR count). The zero-order valence-electron chi connectivity index (χ0n) is 20.9. The third kappa shape index (κ3) is 4.87. The van der Waals surface area contributed by atoms with Crippen LogP contribution < -0.4 is 0 Å². The highest BCUT2D eigenvalue weighted by Crippen LogP contribution is 2.50. The van der Waals surface area contributed by atoms with Gasteiger partial charge in [0.1, 0.15) is 35.6 Å². The van der Waals surface area contributed by atoms with Gasteiger partial charge in [0.2, 0.25) is 0 Å². The maximum absolute atomic E-state index is 13.8. The summed E-state index contributed by atoms with van der Waals surface area (Å²) in [4.78, 5) is 5.90. The molecule has 0 radical (unpaired) electrons. The number of aliphatic hydroxyl groups is 2. The van der Waals surface area contributed by atoms with Gasteiger partial charge in [-0.25, -0.2) is 17.9 Å². The molecule has 1 unspecified atom stereocenters. The average Bonchev–Trinajstić information content (AvgIpc) is 3.56. The van der Waals surface area contributed by atoms with Crippen molar-refractivity contribution in [2.24, 2.45) is 10.6 Å². The number of methoxy groups -OCH3 is 1. The molecule has 1 spiro atoms. The Morgan fingerprint density at radius 1 is 1.16 bits per heavy atom. The standard InChI is InChI=1S/C25H31F3N4O5/c1-24(2)4-5-25(12-24)9-14(30-37-25)8-18-23(35-3)21(22(34)19(11-33)36-18)32-10-17(29-31-32)13-6-15(26)20(28)16(27)7-13/h6-7,10,18-19,21-23,33-34H,4-5,8-9,11-12H2,1-3H3/t18-,19-,21+,22+,23+,25?/m1/s1. The fourth-order valence-electron chi connectivity index (χ4n) is 5.97. The Balaban J connectivity index is 1.38. The van der Waals surface area contributed by atoms with Crippen LogP contribution >= 0.6 is 0 Å². The second-order valence-corrected chi connectivity index (χ2v) is 11.1. The number of oxime groups is 1. The Kier molecular flexibility index (Phi) is 6.80. The van der Waals surface area contributed by atoms with Crippen molar-refractivity contribution in [1.82, 2.24) is 15.0 Å². The highest BCUT2D eigenvalue weighted by Gasteiger charge is 2.51. The zero-order chi connectivity index (χ0) is 26.5. The van der Waals surface area contributed by atoms with E-state index in [2.05, 4.69) is 29.3 Å². The number of halogens is 3. The minimum Gasteiger partial charge on any atom is -0.394 e. The first-order valence-electron chi connectivity index (χ1n) is 12.3. The summed E-state index contributed by atoms with van der Waals surface area (Å²) in [6.45, 7) is 3.97. The van der Waals surface area contributed by atoms with Crippen LogP contribution in [0.25, 0.3) is 11.3 Å². The SMILES string of the molecule is CO[C@@H]1[C@@H](n2cc(-c3cc(F)c(F)c(F)c3)nn2)[C@@H](O)[C@@H](CO)O[C@@H]1CC1=NOC2(CCC(C)(C)C2)C1. The molecule has 1 saturated heterocycles. The number of hydrogen-bond acceptors (Lipinski definition) is 8. The quantitative estimate of drug-likeness (QED) is 0.559. The molecule has 2 N–H and O–H groups in total. The van der Waals surface area contributed by atoms with Crippen molar-refractivity contribution in [1.29, 1.82) is 0 Å². The summed E-state index contributed by atoms with van der Waals surface area (Å²) in [6.07, 6.45) is 1.77. The molecule has 1 aromatic carbocycles.